The SMILES string of the molecule is Cc1nc2ccc(NC(=O)c3ccc4oc5ccccc5c4c3)cc2nc1C. The zero-order valence-corrected chi connectivity index (χ0v) is 15.5. The molecule has 0 unspecified atom stereocenters. The average molecular weight is 367 g/mol. The van der Waals surface area contributed by atoms with E-state index in [1.54, 1.807) is 6.07 Å². The van der Waals surface area contributed by atoms with Crippen molar-refractivity contribution in [3.8, 4) is 0 Å². The number of nitrogens with one attached hydrogen (secondary N) is 1. The second-order valence-electron chi connectivity index (χ2n) is 6.86. The molecule has 0 aliphatic rings. The third-order valence-corrected chi connectivity index (χ3v) is 4.97. The highest BCUT2D eigenvalue weighted by Crippen LogP contribution is 2.29. The molecule has 0 atom stereocenters. The first-order chi connectivity index (χ1) is 13.6. The number of fused-ring (bicyclic) bond motifs is 4. The number of amides is 1. The number of hydrogen-bond donors (Lipinski definition) is 1. The zero-order valence-electron chi connectivity index (χ0n) is 15.5. The van der Waals surface area contributed by atoms with Crippen molar-refractivity contribution in [2.45, 2.75) is 13.8 Å². The van der Waals surface area contributed by atoms with Crippen molar-refractivity contribution < 1.29 is 9.21 Å². The summed E-state index contributed by atoms with van der Waals surface area (Å²) in [6, 6.07) is 18.9. The maximum absolute atomic E-state index is 12.8. The van der Waals surface area contributed by atoms with E-state index in [0.717, 1.165) is 44.4 Å². The summed E-state index contributed by atoms with van der Waals surface area (Å²) in [6.07, 6.45) is 0. The first-order valence-corrected chi connectivity index (χ1v) is 9.06. The Hall–Kier alpha value is -3.73. The summed E-state index contributed by atoms with van der Waals surface area (Å²) in [5.74, 6) is -0.177. The van der Waals surface area contributed by atoms with E-state index in [0.29, 0.717) is 11.3 Å². The van der Waals surface area contributed by atoms with E-state index in [-0.39, 0.29) is 5.91 Å². The number of carbonyl (C=O) groups is 1. The van der Waals surface area contributed by atoms with Gasteiger partial charge >= 0.3 is 0 Å². The van der Waals surface area contributed by atoms with Gasteiger partial charge in [-0.2, -0.15) is 0 Å². The van der Waals surface area contributed by atoms with E-state index in [1.165, 1.54) is 0 Å². The summed E-state index contributed by atoms with van der Waals surface area (Å²) in [4.78, 5) is 21.9. The van der Waals surface area contributed by atoms with Gasteiger partial charge in [0.15, 0.2) is 0 Å². The Kier molecular flexibility index (Phi) is 3.62. The van der Waals surface area contributed by atoms with Crippen molar-refractivity contribution >= 4 is 44.6 Å². The van der Waals surface area contributed by atoms with Crippen LogP contribution in [0.1, 0.15) is 21.7 Å². The molecule has 0 spiro atoms. The van der Waals surface area contributed by atoms with Gasteiger partial charge in [0, 0.05) is 22.0 Å². The molecule has 0 radical (unpaired) electrons. The van der Waals surface area contributed by atoms with Crippen LogP contribution in [0, 0.1) is 13.8 Å². The molecule has 2 heterocycles. The monoisotopic (exact) mass is 367 g/mol. The van der Waals surface area contributed by atoms with Crippen molar-refractivity contribution in [1.29, 1.82) is 0 Å². The molecule has 5 rings (SSSR count). The van der Waals surface area contributed by atoms with Crippen molar-refractivity contribution in [3.05, 3.63) is 77.6 Å². The lowest BCUT2D eigenvalue weighted by Gasteiger charge is -2.07. The molecule has 0 aliphatic heterocycles. The molecule has 5 aromatic rings. The van der Waals surface area contributed by atoms with Gasteiger partial charge in [-0.3, -0.25) is 4.79 Å². The van der Waals surface area contributed by atoms with Crippen LogP contribution in [0.25, 0.3) is 33.0 Å². The van der Waals surface area contributed by atoms with Gasteiger partial charge < -0.3 is 9.73 Å². The van der Waals surface area contributed by atoms with E-state index in [1.807, 2.05) is 68.4 Å². The Labute approximate surface area is 161 Å². The molecule has 136 valence electrons. The van der Waals surface area contributed by atoms with Crippen molar-refractivity contribution in [3.63, 3.8) is 0 Å². The first-order valence-electron chi connectivity index (χ1n) is 9.06. The number of hydrogen-bond acceptors (Lipinski definition) is 4. The molecule has 5 heteroatoms. The van der Waals surface area contributed by atoms with Crippen LogP contribution in [0.15, 0.2) is 65.1 Å². The summed E-state index contributed by atoms with van der Waals surface area (Å²) in [6.45, 7) is 3.87. The zero-order chi connectivity index (χ0) is 19.3. The molecule has 28 heavy (non-hydrogen) atoms. The van der Waals surface area contributed by atoms with Gasteiger partial charge in [0.05, 0.1) is 22.4 Å². The lowest BCUT2D eigenvalue weighted by molar-refractivity contribution is 0.102. The van der Waals surface area contributed by atoms with E-state index < -0.39 is 0 Å². The van der Waals surface area contributed by atoms with Crippen LogP contribution < -0.4 is 5.32 Å². The topological polar surface area (TPSA) is 68.0 Å². The number of nitrogens with zero attached hydrogens (tertiary/aromatic N) is 2. The Morgan fingerprint density at radius 2 is 1.57 bits per heavy atom. The Morgan fingerprint density at radius 3 is 2.43 bits per heavy atom. The number of benzene rings is 3. The highest BCUT2D eigenvalue weighted by Gasteiger charge is 2.12. The second-order valence-corrected chi connectivity index (χ2v) is 6.86. The van der Waals surface area contributed by atoms with Crippen molar-refractivity contribution in [2.75, 3.05) is 5.32 Å². The number of furan rings is 1. The Bertz CT molecular complexity index is 1390. The number of anilines is 1. The van der Waals surface area contributed by atoms with Crippen LogP contribution in [0.2, 0.25) is 0 Å². The molecule has 0 bridgehead atoms. The minimum atomic E-state index is -0.177. The predicted octanol–water partition coefficient (Wildman–Crippen LogP) is 5.40. The Morgan fingerprint density at radius 1 is 0.821 bits per heavy atom. The van der Waals surface area contributed by atoms with Crippen LogP contribution in [0.4, 0.5) is 5.69 Å². The van der Waals surface area contributed by atoms with Gasteiger partial charge in [-0.15, -0.1) is 0 Å². The molecule has 0 saturated carbocycles. The van der Waals surface area contributed by atoms with Gasteiger partial charge in [-0.1, -0.05) is 18.2 Å². The Balaban J connectivity index is 1.50. The lowest BCUT2D eigenvalue weighted by atomic mass is 10.1. The van der Waals surface area contributed by atoms with E-state index in [4.69, 9.17) is 4.42 Å². The fourth-order valence-corrected chi connectivity index (χ4v) is 3.38. The minimum Gasteiger partial charge on any atom is -0.456 e. The third-order valence-electron chi connectivity index (χ3n) is 4.97. The molecular formula is C23H17N3O2. The summed E-state index contributed by atoms with van der Waals surface area (Å²) >= 11 is 0. The molecular weight excluding hydrogens is 350 g/mol. The van der Waals surface area contributed by atoms with Crippen molar-refractivity contribution in [2.24, 2.45) is 0 Å². The summed E-state index contributed by atoms with van der Waals surface area (Å²) < 4.78 is 5.83. The highest BCUT2D eigenvalue weighted by molar-refractivity contribution is 6.11. The highest BCUT2D eigenvalue weighted by atomic mass is 16.3. The maximum atomic E-state index is 12.8. The molecule has 0 aliphatic carbocycles. The molecule has 2 aromatic heterocycles. The number of rotatable bonds is 2. The summed E-state index contributed by atoms with van der Waals surface area (Å²) in [7, 11) is 0. The summed E-state index contributed by atoms with van der Waals surface area (Å²) in [5, 5.41) is 4.88. The molecule has 1 N–H and O–H groups in total. The smallest absolute Gasteiger partial charge is 0.255 e. The molecule has 0 fully saturated rings. The maximum Gasteiger partial charge on any atom is 0.255 e. The van der Waals surface area contributed by atoms with Crippen LogP contribution in [-0.4, -0.2) is 15.9 Å². The van der Waals surface area contributed by atoms with E-state index >= 15 is 0 Å². The quantitative estimate of drug-likeness (QED) is 0.454. The van der Waals surface area contributed by atoms with Gasteiger partial charge in [-0.05, 0) is 56.3 Å². The number of carbonyl (C=O) groups excluding carboxylic acids is 1. The molecule has 3 aromatic carbocycles. The fourth-order valence-electron chi connectivity index (χ4n) is 3.38. The van der Waals surface area contributed by atoms with Gasteiger partial charge in [-0.25, -0.2) is 9.97 Å². The predicted molar refractivity (Wildman–Crippen MR) is 111 cm³/mol. The number of aromatic nitrogens is 2. The van der Waals surface area contributed by atoms with Crippen LogP contribution in [0.5, 0.6) is 0 Å². The minimum absolute atomic E-state index is 0.177. The normalized spacial score (nSPS) is 11.4. The molecule has 0 saturated heterocycles. The van der Waals surface area contributed by atoms with E-state index in [2.05, 4.69) is 15.3 Å². The van der Waals surface area contributed by atoms with Gasteiger partial charge in [0.1, 0.15) is 11.2 Å². The third kappa shape index (κ3) is 2.68. The number of aryl methyl sites for hydroxylation is 2. The number of para-hydroxylation sites is 1. The van der Waals surface area contributed by atoms with Crippen LogP contribution in [0.3, 0.4) is 0 Å². The fraction of sp³-hybridized carbons (Fsp3) is 0.0870. The van der Waals surface area contributed by atoms with Crippen LogP contribution >= 0.6 is 0 Å². The average Bonchev–Trinajstić information content (AvgIpc) is 3.07. The molecule has 1 amide bonds. The van der Waals surface area contributed by atoms with Gasteiger partial charge in [0.25, 0.3) is 5.91 Å². The summed E-state index contributed by atoms with van der Waals surface area (Å²) in [5.41, 5.74) is 6.21. The largest absolute Gasteiger partial charge is 0.456 e. The second kappa shape index (κ2) is 6.16. The van der Waals surface area contributed by atoms with Crippen LogP contribution in [-0.2, 0) is 0 Å². The van der Waals surface area contributed by atoms with Crippen molar-refractivity contribution in [1.82, 2.24) is 9.97 Å². The molecule has 5 nitrogen and oxygen atoms in total. The lowest BCUT2D eigenvalue weighted by Crippen LogP contribution is -2.11. The first kappa shape index (κ1) is 16.4. The van der Waals surface area contributed by atoms with Gasteiger partial charge in [0.2, 0.25) is 0 Å². The van der Waals surface area contributed by atoms with E-state index in [9.17, 15) is 4.79 Å². The standard InChI is InChI=1S/C23H17N3O2/c1-13-14(2)25-20-12-16(8-9-19(20)24-13)26-23(27)15-7-10-22-18(11-15)17-5-3-4-6-21(17)28-22/h3-12H,1-2H3,(H,26,27).